The molecule has 0 aliphatic carbocycles. The van der Waals surface area contributed by atoms with Crippen molar-refractivity contribution in [2.75, 3.05) is 61.9 Å². The molecular formula is C23H53N3OSi. The Balaban J connectivity index is 4.90. The van der Waals surface area contributed by atoms with Crippen LogP contribution in [0.5, 0.6) is 0 Å². The first-order chi connectivity index (χ1) is 13.2. The molecule has 0 saturated heterocycles. The van der Waals surface area contributed by atoms with Crippen molar-refractivity contribution < 1.29 is 4.43 Å². The largest absolute Gasteiger partial charge is 0.421 e. The lowest BCUT2D eigenvalue weighted by Crippen LogP contribution is -2.27. The molecule has 0 aromatic carbocycles. The normalized spacial score (nSPS) is 13.3. The van der Waals surface area contributed by atoms with Gasteiger partial charge in [0.05, 0.1) is 0 Å². The minimum absolute atomic E-state index is 0.386. The van der Waals surface area contributed by atoms with E-state index in [0.29, 0.717) is 11.5 Å². The van der Waals surface area contributed by atoms with Gasteiger partial charge in [0, 0.05) is 6.10 Å². The van der Waals surface area contributed by atoms with Gasteiger partial charge < -0.3 is 19.1 Å². The van der Waals surface area contributed by atoms with Gasteiger partial charge in [0.1, 0.15) is 0 Å². The molecule has 28 heavy (non-hydrogen) atoms. The highest BCUT2D eigenvalue weighted by atomic mass is 28.2. The van der Waals surface area contributed by atoms with E-state index >= 15 is 0 Å². The Morgan fingerprint density at radius 3 is 1.39 bits per heavy atom. The minimum atomic E-state index is -0.386. The van der Waals surface area contributed by atoms with Crippen molar-refractivity contribution in [3.8, 4) is 0 Å². The summed E-state index contributed by atoms with van der Waals surface area (Å²) in [6.45, 7) is 8.16. The van der Waals surface area contributed by atoms with Crippen LogP contribution < -0.4 is 0 Å². The van der Waals surface area contributed by atoms with Crippen molar-refractivity contribution in [1.82, 2.24) is 14.7 Å². The first kappa shape index (κ1) is 28.1. The lowest BCUT2D eigenvalue weighted by Gasteiger charge is -2.36. The fraction of sp³-hybridized carbons (Fsp3) is 1.00. The predicted octanol–water partition coefficient (Wildman–Crippen LogP) is 4.10. The highest BCUT2D eigenvalue weighted by Crippen LogP contribution is 2.40. The molecule has 5 heteroatoms. The van der Waals surface area contributed by atoms with Crippen LogP contribution >= 0.6 is 0 Å². The standard InChI is InChI=1S/C23H53N3OSi/c1-9-22(10-2)27-28-21-17-23(14-11-18-24(3)4,15-12-19-25(5)6)16-13-20-26(7)8/h22H,9-21,28H2,1-8H3. The summed E-state index contributed by atoms with van der Waals surface area (Å²) in [7, 11) is 12.8. The molecule has 0 fully saturated rings. The second-order valence-electron chi connectivity index (χ2n) is 9.63. The van der Waals surface area contributed by atoms with E-state index in [1.807, 2.05) is 0 Å². The van der Waals surface area contributed by atoms with Gasteiger partial charge in [-0.25, -0.2) is 0 Å². The molecule has 0 radical (unpaired) electrons. The molecule has 0 heterocycles. The van der Waals surface area contributed by atoms with Crippen molar-refractivity contribution in [3.05, 3.63) is 0 Å². The molecule has 0 atom stereocenters. The first-order valence-corrected chi connectivity index (χ1v) is 13.4. The van der Waals surface area contributed by atoms with Gasteiger partial charge in [0.15, 0.2) is 9.76 Å². The molecule has 0 aromatic rings. The second-order valence-corrected chi connectivity index (χ2v) is 11.1. The minimum Gasteiger partial charge on any atom is -0.421 e. The smallest absolute Gasteiger partial charge is 0.161 e. The van der Waals surface area contributed by atoms with Crippen molar-refractivity contribution in [2.45, 2.75) is 83.8 Å². The topological polar surface area (TPSA) is 19.0 Å². The Bertz CT molecular complexity index is 311. The summed E-state index contributed by atoms with van der Waals surface area (Å²) in [5.41, 5.74) is 0.520. The van der Waals surface area contributed by atoms with E-state index in [2.05, 4.69) is 70.8 Å². The maximum atomic E-state index is 6.28. The van der Waals surface area contributed by atoms with Crippen molar-refractivity contribution >= 4 is 9.76 Å². The van der Waals surface area contributed by atoms with E-state index < -0.39 is 0 Å². The molecular weight excluding hydrogens is 362 g/mol. The van der Waals surface area contributed by atoms with Crippen LogP contribution in [0.3, 0.4) is 0 Å². The monoisotopic (exact) mass is 415 g/mol. The third kappa shape index (κ3) is 15.0. The van der Waals surface area contributed by atoms with Crippen LogP contribution in [-0.2, 0) is 4.43 Å². The molecule has 0 spiro atoms. The molecule has 0 saturated carbocycles. The van der Waals surface area contributed by atoms with Gasteiger partial charge in [-0.2, -0.15) is 0 Å². The van der Waals surface area contributed by atoms with Crippen LogP contribution in [0.25, 0.3) is 0 Å². The van der Waals surface area contributed by atoms with Crippen LogP contribution in [0.4, 0.5) is 0 Å². The molecule has 0 unspecified atom stereocenters. The Labute approximate surface area is 180 Å². The van der Waals surface area contributed by atoms with Crippen LogP contribution in [-0.4, -0.2) is 92.5 Å². The zero-order valence-corrected chi connectivity index (χ0v) is 22.1. The van der Waals surface area contributed by atoms with E-state index in [-0.39, 0.29) is 9.76 Å². The average Bonchev–Trinajstić information content (AvgIpc) is 2.61. The number of rotatable bonds is 19. The Morgan fingerprint density at radius 1 is 0.679 bits per heavy atom. The molecule has 0 amide bonds. The highest BCUT2D eigenvalue weighted by molar-refractivity contribution is 6.27. The van der Waals surface area contributed by atoms with Crippen molar-refractivity contribution in [1.29, 1.82) is 0 Å². The molecule has 170 valence electrons. The Kier molecular flexibility index (Phi) is 16.8. The van der Waals surface area contributed by atoms with Crippen molar-refractivity contribution in [2.24, 2.45) is 5.41 Å². The summed E-state index contributed by atoms with van der Waals surface area (Å²) < 4.78 is 6.28. The van der Waals surface area contributed by atoms with Gasteiger partial charge in [-0.1, -0.05) is 13.8 Å². The highest BCUT2D eigenvalue weighted by Gasteiger charge is 2.28. The van der Waals surface area contributed by atoms with E-state index in [1.54, 1.807) is 0 Å². The number of hydrogen-bond donors (Lipinski definition) is 0. The van der Waals surface area contributed by atoms with Gasteiger partial charge >= 0.3 is 0 Å². The van der Waals surface area contributed by atoms with Crippen LogP contribution in [0.2, 0.25) is 6.04 Å². The summed E-state index contributed by atoms with van der Waals surface area (Å²) in [6.07, 6.45) is 12.4. The third-order valence-electron chi connectivity index (χ3n) is 6.05. The first-order valence-electron chi connectivity index (χ1n) is 11.8. The SMILES string of the molecule is CCC(CC)O[SiH2]CCC(CCCN(C)C)(CCCN(C)C)CCCN(C)C. The van der Waals surface area contributed by atoms with Gasteiger partial charge in [-0.3, -0.25) is 0 Å². The van der Waals surface area contributed by atoms with Gasteiger partial charge in [0.25, 0.3) is 0 Å². The summed E-state index contributed by atoms with van der Waals surface area (Å²) in [6, 6.07) is 1.35. The van der Waals surface area contributed by atoms with E-state index in [1.165, 1.54) is 83.5 Å². The third-order valence-corrected chi connectivity index (χ3v) is 7.40. The number of hydrogen-bond acceptors (Lipinski definition) is 4. The zero-order chi connectivity index (χ0) is 21.4. The summed E-state index contributed by atoms with van der Waals surface area (Å²) in [4.78, 5) is 7.03. The van der Waals surface area contributed by atoms with E-state index in [9.17, 15) is 0 Å². The lowest BCUT2D eigenvalue weighted by atomic mass is 9.73. The van der Waals surface area contributed by atoms with E-state index in [0.717, 1.165) is 0 Å². The fourth-order valence-corrected chi connectivity index (χ4v) is 6.15. The summed E-state index contributed by atoms with van der Waals surface area (Å²) >= 11 is 0. The summed E-state index contributed by atoms with van der Waals surface area (Å²) in [5, 5.41) is 0. The van der Waals surface area contributed by atoms with Crippen LogP contribution in [0.15, 0.2) is 0 Å². The lowest BCUT2D eigenvalue weighted by molar-refractivity contribution is 0.164. The van der Waals surface area contributed by atoms with Crippen LogP contribution in [0.1, 0.15) is 71.6 Å². The Morgan fingerprint density at radius 2 is 1.07 bits per heavy atom. The second kappa shape index (κ2) is 16.8. The quantitative estimate of drug-likeness (QED) is 0.233. The molecule has 0 aromatic heterocycles. The average molecular weight is 416 g/mol. The Hall–Kier alpha value is 0.0569. The molecule has 0 N–H and O–H groups in total. The molecule has 0 aliphatic heterocycles. The summed E-state index contributed by atoms with van der Waals surface area (Å²) in [5.74, 6) is 0. The van der Waals surface area contributed by atoms with Gasteiger partial charge in [0.2, 0.25) is 0 Å². The molecule has 0 aliphatic rings. The maximum absolute atomic E-state index is 6.28. The zero-order valence-electron chi connectivity index (χ0n) is 20.7. The molecule has 0 rings (SSSR count). The van der Waals surface area contributed by atoms with Crippen molar-refractivity contribution in [3.63, 3.8) is 0 Å². The van der Waals surface area contributed by atoms with Gasteiger partial charge in [-0.15, -0.1) is 0 Å². The number of nitrogens with zero attached hydrogens (tertiary/aromatic N) is 3. The molecule has 0 bridgehead atoms. The predicted molar refractivity (Wildman–Crippen MR) is 129 cm³/mol. The van der Waals surface area contributed by atoms with Crippen LogP contribution in [0, 0.1) is 5.41 Å². The maximum Gasteiger partial charge on any atom is 0.161 e. The fourth-order valence-electron chi connectivity index (χ4n) is 4.28. The van der Waals surface area contributed by atoms with Gasteiger partial charge in [-0.05, 0) is 131 Å². The van der Waals surface area contributed by atoms with E-state index in [4.69, 9.17) is 4.43 Å². The molecule has 4 nitrogen and oxygen atoms in total.